The summed E-state index contributed by atoms with van der Waals surface area (Å²) < 4.78 is 15.9. The van der Waals surface area contributed by atoms with Crippen molar-refractivity contribution in [1.82, 2.24) is 15.1 Å². The lowest BCUT2D eigenvalue weighted by atomic mass is 10.1. The highest BCUT2D eigenvalue weighted by Gasteiger charge is 2.14. The molecule has 4 rings (SSSR count). The molecule has 2 aromatic heterocycles. The van der Waals surface area contributed by atoms with Crippen LogP contribution in [-0.4, -0.2) is 35.3 Å². The van der Waals surface area contributed by atoms with E-state index in [1.807, 2.05) is 42.6 Å². The third-order valence-electron chi connectivity index (χ3n) is 4.74. The molecule has 0 saturated carbocycles. The number of thiazole rings is 1. The van der Waals surface area contributed by atoms with Crippen LogP contribution in [-0.2, 0) is 11.2 Å². The molecule has 0 unspecified atom stereocenters. The maximum Gasteiger partial charge on any atom is 0.227 e. The van der Waals surface area contributed by atoms with E-state index in [1.54, 1.807) is 37.7 Å². The van der Waals surface area contributed by atoms with E-state index in [2.05, 4.69) is 20.4 Å². The van der Waals surface area contributed by atoms with Crippen molar-refractivity contribution < 1.29 is 18.8 Å². The minimum atomic E-state index is -0.137. The predicted octanol–water partition coefficient (Wildman–Crippen LogP) is 4.76. The average Bonchev–Trinajstić information content (AvgIpc) is 3.46. The second-order valence-corrected chi connectivity index (χ2v) is 8.02. The van der Waals surface area contributed by atoms with E-state index in [4.69, 9.17) is 14.0 Å². The molecule has 0 aliphatic carbocycles. The number of aryl methyl sites for hydroxylation is 2. The number of ether oxygens (including phenoxy) is 2. The number of carbonyl (C=O) groups is 1. The van der Waals surface area contributed by atoms with Gasteiger partial charge in [-0.2, -0.15) is 4.98 Å². The van der Waals surface area contributed by atoms with Crippen LogP contribution in [0.15, 0.2) is 52.4 Å². The number of amides is 1. The highest BCUT2D eigenvalue weighted by Crippen LogP contribution is 2.31. The van der Waals surface area contributed by atoms with Crippen molar-refractivity contribution in [2.45, 2.75) is 19.8 Å². The Bertz CT molecular complexity index is 1230. The fraction of sp³-hybridized carbons (Fsp3) is 0.217. The molecule has 0 aliphatic heterocycles. The number of hydrogen-bond donors (Lipinski definition) is 1. The van der Waals surface area contributed by atoms with Crippen LogP contribution in [0.5, 0.6) is 11.5 Å². The van der Waals surface area contributed by atoms with Gasteiger partial charge in [-0.15, -0.1) is 11.3 Å². The molecular formula is C23H22N4O4S. The molecule has 32 heavy (non-hydrogen) atoms. The van der Waals surface area contributed by atoms with Crippen molar-refractivity contribution in [3.63, 3.8) is 0 Å². The van der Waals surface area contributed by atoms with Gasteiger partial charge >= 0.3 is 0 Å². The Hall–Kier alpha value is -3.72. The Labute approximate surface area is 189 Å². The number of anilines is 1. The zero-order valence-electron chi connectivity index (χ0n) is 17.9. The Morgan fingerprint density at radius 1 is 1.06 bits per heavy atom. The molecule has 0 bridgehead atoms. The highest BCUT2D eigenvalue weighted by atomic mass is 32.1. The summed E-state index contributed by atoms with van der Waals surface area (Å²) in [5, 5.41) is 9.92. The van der Waals surface area contributed by atoms with Gasteiger partial charge in [-0.3, -0.25) is 4.79 Å². The average molecular weight is 451 g/mol. The smallest absolute Gasteiger partial charge is 0.227 e. The van der Waals surface area contributed by atoms with E-state index in [1.165, 1.54) is 0 Å². The van der Waals surface area contributed by atoms with Crippen LogP contribution in [0.3, 0.4) is 0 Å². The lowest BCUT2D eigenvalue weighted by Crippen LogP contribution is -2.12. The third kappa shape index (κ3) is 4.94. The minimum absolute atomic E-state index is 0.137. The summed E-state index contributed by atoms with van der Waals surface area (Å²) in [6, 6.07) is 13.0. The second-order valence-electron chi connectivity index (χ2n) is 6.96. The van der Waals surface area contributed by atoms with Crippen molar-refractivity contribution in [2.75, 3.05) is 19.5 Å². The molecule has 2 heterocycles. The third-order valence-corrected chi connectivity index (χ3v) is 5.51. The van der Waals surface area contributed by atoms with Gasteiger partial charge in [0.15, 0.2) is 11.5 Å². The second kappa shape index (κ2) is 9.61. The number of methoxy groups -OCH3 is 2. The predicted molar refractivity (Wildman–Crippen MR) is 122 cm³/mol. The number of carbonyl (C=O) groups excluding carboxylic acids is 1. The van der Waals surface area contributed by atoms with Crippen molar-refractivity contribution in [3.05, 3.63) is 58.7 Å². The minimum Gasteiger partial charge on any atom is -0.493 e. The fourth-order valence-corrected chi connectivity index (χ4v) is 3.77. The van der Waals surface area contributed by atoms with Gasteiger partial charge in [0.1, 0.15) is 0 Å². The molecule has 8 nitrogen and oxygen atoms in total. The van der Waals surface area contributed by atoms with Gasteiger partial charge in [0, 0.05) is 35.0 Å². The van der Waals surface area contributed by atoms with Crippen molar-refractivity contribution in [1.29, 1.82) is 0 Å². The molecule has 9 heteroatoms. The fourth-order valence-electron chi connectivity index (χ4n) is 3.15. The first kappa shape index (κ1) is 21.5. The number of nitrogens with one attached hydrogen (secondary N) is 1. The van der Waals surface area contributed by atoms with Crippen molar-refractivity contribution in [2.24, 2.45) is 0 Å². The van der Waals surface area contributed by atoms with E-state index in [-0.39, 0.29) is 12.3 Å². The Morgan fingerprint density at radius 2 is 1.91 bits per heavy atom. The normalized spacial score (nSPS) is 10.7. The zero-order chi connectivity index (χ0) is 22.5. The van der Waals surface area contributed by atoms with Gasteiger partial charge < -0.3 is 19.3 Å². The lowest BCUT2D eigenvalue weighted by Gasteiger charge is -2.07. The molecule has 2 aromatic carbocycles. The van der Waals surface area contributed by atoms with Crippen molar-refractivity contribution >= 4 is 22.9 Å². The first-order valence-corrected chi connectivity index (χ1v) is 10.8. The number of nitrogens with zero attached hydrogens (tertiary/aromatic N) is 3. The van der Waals surface area contributed by atoms with Crippen LogP contribution in [0.4, 0.5) is 5.69 Å². The molecule has 0 atom stereocenters. The van der Waals surface area contributed by atoms with E-state index in [0.29, 0.717) is 29.6 Å². The largest absolute Gasteiger partial charge is 0.493 e. The van der Waals surface area contributed by atoms with Crippen LogP contribution in [0, 0.1) is 6.92 Å². The SMILES string of the molecule is COc1ccc(-c2noc(CCC(=O)Nc3cccc(-c4csc(C)n4)c3)n2)cc1OC. The summed E-state index contributed by atoms with van der Waals surface area (Å²) in [5.74, 6) is 1.86. The molecule has 0 radical (unpaired) electrons. The van der Waals surface area contributed by atoms with Crippen LogP contribution in [0.2, 0.25) is 0 Å². The maximum absolute atomic E-state index is 12.4. The molecular weight excluding hydrogens is 428 g/mol. The van der Waals surface area contributed by atoms with E-state index in [0.717, 1.165) is 27.5 Å². The summed E-state index contributed by atoms with van der Waals surface area (Å²) in [6.07, 6.45) is 0.546. The van der Waals surface area contributed by atoms with Gasteiger partial charge in [0.2, 0.25) is 17.6 Å². The first-order chi connectivity index (χ1) is 15.6. The van der Waals surface area contributed by atoms with E-state index in [9.17, 15) is 4.79 Å². The molecule has 0 spiro atoms. The summed E-state index contributed by atoms with van der Waals surface area (Å²) in [6.45, 7) is 1.97. The van der Waals surface area contributed by atoms with Gasteiger partial charge in [-0.25, -0.2) is 4.98 Å². The van der Waals surface area contributed by atoms with E-state index < -0.39 is 0 Å². The van der Waals surface area contributed by atoms with Crippen molar-refractivity contribution in [3.8, 4) is 34.1 Å². The summed E-state index contributed by atoms with van der Waals surface area (Å²) in [5.41, 5.74) is 3.31. The zero-order valence-corrected chi connectivity index (χ0v) is 18.7. The maximum atomic E-state index is 12.4. The quantitative estimate of drug-likeness (QED) is 0.413. The lowest BCUT2D eigenvalue weighted by molar-refractivity contribution is -0.116. The van der Waals surface area contributed by atoms with Crippen LogP contribution in [0.1, 0.15) is 17.3 Å². The summed E-state index contributed by atoms with van der Waals surface area (Å²) in [7, 11) is 3.14. The Morgan fingerprint density at radius 3 is 2.66 bits per heavy atom. The van der Waals surface area contributed by atoms with Crippen LogP contribution >= 0.6 is 11.3 Å². The van der Waals surface area contributed by atoms with Gasteiger partial charge in [-0.1, -0.05) is 17.3 Å². The molecule has 0 aliphatic rings. The number of aromatic nitrogens is 3. The Kier molecular flexibility index (Phi) is 6.46. The number of benzene rings is 2. The molecule has 4 aromatic rings. The molecule has 0 fully saturated rings. The monoisotopic (exact) mass is 450 g/mol. The molecule has 1 N–H and O–H groups in total. The topological polar surface area (TPSA) is 99.4 Å². The number of hydrogen-bond acceptors (Lipinski definition) is 8. The van der Waals surface area contributed by atoms with Crippen LogP contribution in [0.25, 0.3) is 22.6 Å². The first-order valence-electron chi connectivity index (χ1n) is 9.93. The molecule has 1 amide bonds. The van der Waals surface area contributed by atoms with Gasteiger partial charge in [0.05, 0.1) is 24.9 Å². The summed E-state index contributed by atoms with van der Waals surface area (Å²) >= 11 is 1.59. The highest BCUT2D eigenvalue weighted by molar-refractivity contribution is 7.09. The van der Waals surface area contributed by atoms with Gasteiger partial charge in [0.25, 0.3) is 0 Å². The molecule has 164 valence electrons. The Balaban J connectivity index is 1.37. The standard InChI is InChI=1S/C23H22N4O4S/c1-14-24-18(13-32-14)15-5-4-6-17(11-15)25-21(28)9-10-22-26-23(27-31-22)16-7-8-19(29-2)20(12-16)30-3/h4-8,11-13H,9-10H2,1-3H3,(H,25,28). The summed E-state index contributed by atoms with van der Waals surface area (Å²) in [4.78, 5) is 21.3. The molecule has 0 saturated heterocycles. The van der Waals surface area contributed by atoms with Gasteiger partial charge in [-0.05, 0) is 37.3 Å². The number of rotatable bonds is 8. The van der Waals surface area contributed by atoms with E-state index >= 15 is 0 Å². The van der Waals surface area contributed by atoms with Crippen LogP contribution < -0.4 is 14.8 Å².